The highest BCUT2D eigenvalue weighted by molar-refractivity contribution is 5.46. The molecule has 1 heterocycles. The SMILES string of the molecule is FC(F)(F)COc1ccc(NCc2cnccn2)cc1. The largest absolute Gasteiger partial charge is 0.484 e. The van der Waals surface area contributed by atoms with Crippen molar-refractivity contribution in [2.45, 2.75) is 12.7 Å². The zero-order chi connectivity index (χ0) is 14.4. The molecular weight excluding hydrogens is 271 g/mol. The van der Waals surface area contributed by atoms with E-state index in [1.807, 2.05) is 0 Å². The summed E-state index contributed by atoms with van der Waals surface area (Å²) < 4.78 is 40.5. The minimum Gasteiger partial charge on any atom is -0.484 e. The number of anilines is 1. The van der Waals surface area contributed by atoms with Gasteiger partial charge in [-0.2, -0.15) is 13.2 Å². The second-order valence-corrected chi connectivity index (χ2v) is 3.98. The van der Waals surface area contributed by atoms with Crippen LogP contribution in [0.5, 0.6) is 5.75 Å². The van der Waals surface area contributed by atoms with Gasteiger partial charge >= 0.3 is 6.18 Å². The molecule has 106 valence electrons. The topological polar surface area (TPSA) is 47.0 Å². The number of rotatable bonds is 5. The van der Waals surface area contributed by atoms with Crippen molar-refractivity contribution in [1.82, 2.24) is 9.97 Å². The van der Waals surface area contributed by atoms with E-state index < -0.39 is 12.8 Å². The summed E-state index contributed by atoms with van der Waals surface area (Å²) in [5.74, 6) is 0.173. The van der Waals surface area contributed by atoms with Gasteiger partial charge in [-0.1, -0.05) is 0 Å². The average molecular weight is 283 g/mol. The zero-order valence-corrected chi connectivity index (χ0v) is 10.4. The Hall–Kier alpha value is -2.31. The van der Waals surface area contributed by atoms with Crippen LogP contribution in [0.2, 0.25) is 0 Å². The first-order valence-electron chi connectivity index (χ1n) is 5.81. The van der Waals surface area contributed by atoms with Crippen LogP contribution in [0.25, 0.3) is 0 Å². The lowest BCUT2D eigenvalue weighted by Gasteiger charge is -2.10. The van der Waals surface area contributed by atoms with E-state index in [0.29, 0.717) is 6.54 Å². The van der Waals surface area contributed by atoms with Gasteiger partial charge in [0.2, 0.25) is 0 Å². The van der Waals surface area contributed by atoms with E-state index in [1.165, 1.54) is 12.1 Å². The highest BCUT2D eigenvalue weighted by atomic mass is 19.4. The van der Waals surface area contributed by atoms with Crippen LogP contribution in [-0.2, 0) is 6.54 Å². The maximum absolute atomic E-state index is 12.0. The summed E-state index contributed by atoms with van der Waals surface area (Å²) in [7, 11) is 0. The Bertz CT molecular complexity index is 529. The lowest BCUT2D eigenvalue weighted by molar-refractivity contribution is -0.153. The lowest BCUT2D eigenvalue weighted by Crippen LogP contribution is -2.19. The van der Waals surface area contributed by atoms with E-state index in [0.717, 1.165) is 11.4 Å². The van der Waals surface area contributed by atoms with Crippen LogP contribution in [0.1, 0.15) is 5.69 Å². The first-order chi connectivity index (χ1) is 9.53. The smallest absolute Gasteiger partial charge is 0.422 e. The molecule has 0 spiro atoms. The van der Waals surface area contributed by atoms with Gasteiger partial charge < -0.3 is 10.1 Å². The summed E-state index contributed by atoms with van der Waals surface area (Å²) in [6.45, 7) is -0.810. The van der Waals surface area contributed by atoms with Gasteiger partial charge in [0.25, 0.3) is 0 Å². The number of nitrogens with zero attached hydrogens (tertiary/aromatic N) is 2. The van der Waals surface area contributed by atoms with Crippen molar-refractivity contribution in [1.29, 1.82) is 0 Å². The van der Waals surface area contributed by atoms with Crippen LogP contribution in [0.15, 0.2) is 42.9 Å². The normalized spacial score (nSPS) is 11.2. The highest BCUT2D eigenvalue weighted by Gasteiger charge is 2.28. The van der Waals surface area contributed by atoms with Gasteiger partial charge in [0.05, 0.1) is 18.4 Å². The summed E-state index contributed by atoms with van der Waals surface area (Å²) in [5.41, 5.74) is 1.53. The van der Waals surface area contributed by atoms with Crippen LogP contribution in [0.4, 0.5) is 18.9 Å². The highest BCUT2D eigenvalue weighted by Crippen LogP contribution is 2.20. The van der Waals surface area contributed by atoms with Crippen molar-refractivity contribution in [2.24, 2.45) is 0 Å². The Balaban J connectivity index is 1.85. The van der Waals surface area contributed by atoms with E-state index in [9.17, 15) is 13.2 Å². The van der Waals surface area contributed by atoms with Crippen LogP contribution in [0.3, 0.4) is 0 Å². The molecule has 0 radical (unpaired) electrons. The fraction of sp³-hybridized carbons (Fsp3) is 0.231. The molecule has 0 saturated heterocycles. The molecule has 0 aliphatic carbocycles. The number of benzene rings is 1. The molecule has 0 bridgehead atoms. The van der Waals surface area contributed by atoms with Gasteiger partial charge in [0.15, 0.2) is 6.61 Å². The summed E-state index contributed by atoms with van der Waals surface area (Å²) in [6, 6.07) is 6.24. The third-order valence-corrected chi connectivity index (χ3v) is 2.35. The number of hydrogen-bond acceptors (Lipinski definition) is 4. The molecule has 0 fully saturated rings. The predicted molar refractivity (Wildman–Crippen MR) is 67.4 cm³/mol. The predicted octanol–water partition coefficient (Wildman–Crippen LogP) is 3.03. The van der Waals surface area contributed by atoms with Gasteiger partial charge in [-0.3, -0.25) is 9.97 Å². The second-order valence-electron chi connectivity index (χ2n) is 3.98. The van der Waals surface area contributed by atoms with Gasteiger partial charge in [0, 0.05) is 18.1 Å². The lowest BCUT2D eigenvalue weighted by atomic mass is 10.3. The van der Waals surface area contributed by atoms with Crippen molar-refractivity contribution in [3.63, 3.8) is 0 Å². The van der Waals surface area contributed by atoms with Gasteiger partial charge in [-0.25, -0.2) is 0 Å². The molecule has 1 N–H and O–H groups in total. The van der Waals surface area contributed by atoms with Crippen molar-refractivity contribution in [2.75, 3.05) is 11.9 Å². The summed E-state index contributed by atoms with van der Waals surface area (Å²) in [5, 5.41) is 3.08. The van der Waals surface area contributed by atoms with Crippen molar-refractivity contribution in [3.8, 4) is 5.75 Å². The number of halogens is 3. The third-order valence-electron chi connectivity index (χ3n) is 2.35. The molecule has 1 aromatic heterocycles. The average Bonchev–Trinajstić information content (AvgIpc) is 2.44. The number of hydrogen-bond donors (Lipinski definition) is 1. The third kappa shape index (κ3) is 4.75. The zero-order valence-electron chi connectivity index (χ0n) is 10.4. The Labute approximate surface area is 113 Å². The standard InChI is InChI=1S/C13H12F3N3O/c14-13(15,16)9-20-12-3-1-10(2-4-12)19-8-11-7-17-5-6-18-11/h1-7,19H,8-9H2. The molecule has 0 saturated carbocycles. The first kappa shape index (κ1) is 14.1. The van der Waals surface area contributed by atoms with Gasteiger partial charge in [-0.05, 0) is 24.3 Å². The molecule has 0 unspecified atom stereocenters. The number of ether oxygens (including phenoxy) is 1. The molecule has 4 nitrogen and oxygen atoms in total. The molecule has 2 aromatic rings. The molecular formula is C13H12F3N3O. The number of aromatic nitrogens is 2. The van der Waals surface area contributed by atoms with E-state index >= 15 is 0 Å². The van der Waals surface area contributed by atoms with Crippen LogP contribution < -0.4 is 10.1 Å². The number of nitrogens with one attached hydrogen (secondary N) is 1. The monoisotopic (exact) mass is 283 g/mol. The van der Waals surface area contributed by atoms with Crippen LogP contribution >= 0.6 is 0 Å². The minimum atomic E-state index is -4.33. The summed E-state index contributed by atoms with van der Waals surface area (Å²) in [4.78, 5) is 8.02. The molecule has 0 amide bonds. The van der Waals surface area contributed by atoms with E-state index in [-0.39, 0.29) is 5.75 Å². The summed E-state index contributed by atoms with van der Waals surface area (Å²) in [6.07, 6.45) is 0.470. The van der Waals surface area contributed by atoms with E-state index in [2.05, 4.69) is 20.0 Å². The van der Waals surface area contributed by atoms with E-state index in [4.69, 9.17) is 0 Å². The fourth-order valence-corrected chi connectivity index (χ4v) is 1.45. The molecule has 0 atom stereocenters. The van der Waals surface area contributed by atoms with Crippen molar-refractivity contribution < 1.29 is 17.9 Å². The van der Waals surface area contributed by atoms with Crippen LogP contribution in [0, 0.1) is 0 Å². The first-order valence-corrected chi connectivity index (χ1v) is 5.81. The fourth-order valence-electron chi connectivity index (χ4n) is 1.45. The second kappa shape index (κ2) is 6.23. The Kier molecular flexibility index (Phi) is 4.39. The summed E-state index contributed by atoms with van der Waals surface area (Å²) >= 11 is 0. The number of alkyl halides is 3. The Morgan fingerprint density at radius 3 is 2.45 bits per heavy atom. The van der Waals surface area contributed by atoms with E-state index in [1.54, 1.807) is 30.7 Å². The molecule has 7 heteroatoms. The van der Waals surface area contributed by atoms with Crippen LogP contribution in [-0.4, -0.2) is 22.8 Å². The molecule has 0 aliphatic heterocycles. The minimum absolute atomic E-state index is 0.173. The van der Waals surface area contributed by atoms with Crippen molar-refractivity contribution in [3.05, 3.63) is 48.5 Å². The maximum Gasteiger partial charge on any atom is 0.422 e. The Morgan fingerprint density at radius 1 is 1.10 bits per heavy atom. The van der Waals surface area contributed by atoms with Crippen molar-refractivity contribution >= 4 is 5.69 Å². The molecule has 2 rings (SSSR count). The molecule has 20 heavy (non-hydrogen) atoms. The quantitative estimate of drug-likeness (QED) is 0.916. The van der Waals surface area contributed by atoms with Gasteiger partial charge in [0.1, 0.15) is 5.75 Å². The maximum atomic E-state index is 12.0. The van der Waals surface area contributed by atoms with Gasteiger partial charge in [-0.15, -0.1) is 0 Å². The Morgan fingerprint density at radius 2 is 1.85 bits per heavy atom. The molecule has 0 aliphatic rings. The molecule has 1 aromatic carbocycles.